The molecule has 1 heterocycles. The summed E-state index contributed by atoms with van der Waals surface area (Å²) in [5.41, 5.74) is 9.54. The molecule has 0 bridgehead atoms. The topological polar surface area (TPSA) is 68.0 Å². The van der Waals surface area contributed by atoms with Gasteiger partial charge in [0.15, 0.2) is 0 Å². The molecule has 4 nitrogen and oxygen atoms in total. The number of amides is 1. The minimum Gasteiger partial charge on any atom is -0.397 e. The highest BCUT2D eigenvalue weighted by Gasteiger charge is 2.11. The Morgan fingerprint density at radius 1 is 1.14 bits per heavy atom. The van der Waals surface area contributed by atoms with E-state index in [1.807, 2.05) is 49.4 Å². The molecule has 3 N–H and O–H groups in total. The zero-order chi connectivity index (χ0) is 14.8. The Kier molecular flexibility index (Phi) is 3.28. The zero-order valence-corrected chi connectivity index (χ0v) is 11.6. The zero-order valence-electron chi connectivity index (χ0n) is 11.6. The highest BCUT2D eigenvalue weighted by Crippen LogP contribution is 2.22. The van der Waals surface area contributed by atoms with Gasteiger partial charge in [0.25, 0.3) is 5.91 Å². The van der Waals surface area contributed by atoms with Crippen molar-refractivity contribution in [3.63, 3.8) is 0 Å². The first kappa shape index (κ1) is 13.1. The van der Waals surface area contributed by atoms with Crippen LogP contribution in [0.2, 0.25) is 0 Å². The molecular formula is C17H15N3O. The lowest BCUT2D eigenvalue weighted by atomic mass is 10.1. The number of carbonyl (C=O) groups is 1. The largest absolute Gasteiger partial charge is 0.397 e. The van der Waals surface area contributed by atoms with Gasteiger partial charge >= 0.3 is 0 Å². The van der Waals surface area contributed by atoms with E-state index in [4.69, 9.17) is 5.73 Å². The number of nitrogens with two attached hydrogens (primary N) is 1. The molecular weight excluding hydrogens is 262 g/mol. The first-order valence-electron chi connectivity index (χ1n) is 6.66. The summed E-state index contributed by atoms with van der Waals surface area (Å²) in [6.45, 7) is 1.96. The van der Waals surface area contributed by atoms with Crippen LogP contribution >= 0.6 is 0 Å². The Balaban J connectivity index is 1.97. The van der Waals surface area contributed by atoms with Crippen LogP contribution in [0.25, 0.3) is 10.9 Å². The fourth-order valence-corrected chi connectivity index (χ4v) is 2.28. The number of hydrogen-bond acceptors (Lipinski definition) is 3. The third-order valence-corrected chi connectivity index (χ3v) is 3.35. The van der Waals surface area contributed by atoms with E-state index in [2.05, 4.69) is 10.3 Å². The van der Waals surface area contributed by atoms with Crippen LogP contribution in [0.4, 0.5) is 11.4 Å². The van der Waals surface area contributed by atoms with Gasteiger partial charge in [0.05, 0.1) is 22.5 Å². The predicted molar refractivity (Wildman–Crippen MR) is 85.3 cm³/mol. The summed E-state index contributed by atoms with van der Waals surface area (Å²) >= 11 is 0. The fraction of sp³-hybridized carbons (Fsp3) is 0.0588. The van der Waals surface area contributed by atoms with Crippen LogP contribution in [-0.4, -0.2) is 10.9 Å². The molecule has 0 aliphatic heterocycles. The van der Waals surface area contributed by atoms with Crippen molar-refractivity contribution < 1.29 is 4.79 Å². The number of hydrogen-bond donors (Lipinski definition) is 2. The Morgan fingerprint density at radius 3 is 2.76 bits per heavy atom. The van der Waals surface area contributed by atoms with Crippen LogP contribution in [0.3, 0.4) is 0 Å². The molecule has 2 aromatic carbocycles. The minimum atomic E-state index is -0.191. The van der Waals surface area contributed by atoms with Gasteiger partial charge in [0.1, 0.15) is 0 Å². The number of para-hydroxylation sites is 1. The van der Waals surface area contributed by atoms with Gasteiger partial charge < -0.3 is 11.1 Å². The lowest BCUT2D eigenvalue weighted by Crippen LogP contribution is -2.13. The molecule has 0 saturated carbocycles. The minimum absolute atomic E-state index is 0.191. The summed E-state index contributed by atoms with van der Waals surface area (Å²) in [5, 5.41) is 3.68. The quantitative estimate of drug-likeness (QED) is 0.706. The van der Waals surface area contributed by atoms with E-state index < -0.39 is 0 Å². The summed E-state index contributed by atoms with van der Waals surface area (Å²) in [7, 11) is 0. The number of nitrogen functional groups attached to an aromatic ring is 1. The summed E-state index contributed by atoms with van der Waals surface area (Å²) in [6.07, 6.45) is 1.63. The summed E-state index contributed by atoms with van der Waals surface area (Å²) in [5.74, 6) is -0.191. The standard InChI is InChI=1S/C17H15N3O/c1-11-6-7-16(14(18)10-11)20-17(21)13-8-9-19-15-5-3-2-4-12(13)15/h2-10H,18H2,1H3,(H,20,21). The number of aryl methyl sites for hydroxylation is 1. The molecule has 0 aliphatic carbocycles. The van der Waals surface area contributed by atoms with Gasteiger partial charge in [-0.25, -0.2) is 0 Å². The van der Waals surface area contributed by atoms with Crippen molar-refractivity contribution >= 4 is 28.2 Å². The lowest BCUT2D eigenvalue weighted by molar-refractivity contribution is 0.102. The van der Waals surface area contributed by atoms with Crippen molar-refractivity contribution in [1.82, 2.24) is 4.98 Å². The number of fused-ring (bicyclic) bond motifs is 1. The van der Waals surface area contributed by atoms with E-state index in [1.54, 1.807) is 12.3 Å². The predicted octanol–water partition coefficient (Wildman–Crippen LogP) is 3.38. The Labute approximate surface area is 122 Å². The maximum Gasteiger partial charge on any atom is 0.256 e. The van der Waals surface area contributed by atoms with Gasteiger partial charge in [-0.2, -0.15) is 0 Å². The van der Waals surface area contributed by atoms with Crippen LogP contribution in [0.1, 0.15) is 15.9 Å². The number of rotatable bonds is 2. The van der Waals surface area contributed by atoms with Crippen LogP contribution in [0, 0.1) is 6.92 Å². The number of pyridine rings is 1. The van der Waals surface area contributed by atoms with E-state index in [0.717, 1.165) is 16.5 Å². The van der Waals surface area contributed by atoms with Crippen LogP contribution < -0.4 is 11.1 Å². The Hall–Kier alpha value is -2.88. The first-order chi connectivity index (χ1) is 10.1. The molecule has 104 valence electrons. The van der Waals surface area contributed by atoms with Gasteiger partial charge in [0, 0.05) is 11.6 Å². The van der Waals surface area contributed by atoms with Gasteiger partial charge in [-0.05, 0) is 36.8 Å². The Morgan fingerprint density at radius 2 is 1.95 bits per heavy atom. The van der Waals surface area contributed by atoms with Crippen molar-refractivity contribution in [3.05, 3.63) is 65.9 Å². The lowest BCUT2D eigenvalue weighted by Gasteiger charge is -2.10. The second-order valence-electron chi connectivity index (χ2n) is 4.92. The highest BCUT2D eigenvalue weighted by molar-refractivity contribution is 6.13. The number of anilines is 2. The summed E-state index contributed by atoms with van der Waals surface area (Å²) < 4.78 is 0. The second kappa shape index (κ2) is 5.25. The molecule has 0 atom stereocenters. The smallest absolute Gasteiger partial charge is 0.256 e. The molecule has 1 aromatic heterocycles. The van der Waals surface area contributed by atoms with Crippen molar-refractivity contribution in [2.24, 2.45) is 0 Å². The first-order valence-corrected chi connectivity index (χ1v) is 6.66. The monoisotopic (exact) mass is 277 g/mol. The molecule has 1 amide bonds. The van der Waals surface area contributed by atoms with E-state index in [0.29, 0.717) is 16.9 Å². The van der Waals surface area contributed by atoms with E-state index in [-0.39, 0.29) is 5.91 Å². The average molecular weight is 277 g/mol. The number of carbonyl (C=O) groups excluding carboxylic acids is 1. The van der Waals surface area contributed by atoms with Crippen LogP contribution in [0.5, 0.6) is 0 Å². The molecule has 0 fully saturated rings. The summed E-state index contributed by atoms with van der Waals surface area (Å²) in [4.78, 5) is 16.7. The van der Waals surface area contributed by atoms with Crippen molar-refractivity contribution in [2.75, 3.05) is 11.1 Å². The van der Waals surface area contributed by atoms with Gasteiger partial charge in [-0.3, -0.25) is 9.78 Å². The molecule has 0 aliphatic rings. The van der Waals surface area contributed by atoms with Gasteiger partial charge in [0.2, 0.25) is 0 Å². The summed E-state index contributed by atoms with van der Waals surface area (Å²) in [6, 6.07) is 14.8. The third-order valence-electron chi connectivity index (χ3n) is 3.35. The van der Waals surface area contributed by atoms with Crippen molar-refractivity contribution in [3.8, 4) is 0 Å². The molecule has 3 aromatic rings. The molecule has 0 spiro atoms. The molecule has 4 heteroatoms. The fourth-order valence-electron chi connectivity index (χ4n) is 2.28. The normalized spacial score (nSPS) is 10.5. The van der Waals surface area contributed by atoms with Crippen molar-refractivity contribution in [2.45, 2.75) is 6.92 Å². The van der Waals surface area contributed by atoms with E-state index in [1.165, 1.54) is 0 Å². The highest BCUT2D eigenvalue weighted by atomic mass is 16.1. The van der Waals surface area contributed by atoms with Crippen LogP contribution in [-0.2, 0) is 0 Å². The number of nitrogens with one attached hydrogen (secondary N) is 1. The van der Waals surface area contributed by atoms with Gasteiger partial charge in [-0.15, -0.1) is 0 Å². The third kappa shape index (κ3) is 2.56. The molecule has 21 heavy (non-hydrogen) atoms. The maximum atomic E-state index is 12.5. The van der Waals surface area contributed by atoms with E-state index in [9.17, 15) is 4.79 Å². The van der Waals surface area contributed by atoms with E-state index >= 15 is 0 Å². The average Bonchev–Trinajstić information content (AvgIpc) is 2.49. The Bertz CT molecular complexity index is 822. The molecule has 0 saturated heterocycles. The molecule has 3 rings (SSSR count). The second-order valence-corrected chi connectivity index (χ2v) is 4.92. The van der Waals surface area contributed by atoms with Gasteiger partial charge in [-0.1, -0.05) is 24.3 Å². The SMILES string of the molecule is Cc1ccc(NC(=O)c2ccnc3ccccc23)c(N)c1. The van der Waals surface area contributed by atoms with Crippen LogP contribution in [0.15, 0.2) is 54.7 Å². The molecule has 0 unspecified atom stereocenters. The molecule has 0 radical (unpaired) electrons. The maximum absolute atomic E-state index is 12.5. The number of nitrogens with zero attached hydrogens (tertiary/aromatic N) is 1. The van der Waals surface area contributed by atoms with Crippen molar-refractivity contribution in [1.29, 1.82) is 0 Å². The number of aromatic nitrogens is 1. The number of benzene rings is 2.